The maximum atomic E-state index is 8.65. The van der Waals surface area contributed by atoms with Crippen molar-refractivity contribution in [2.45, 2.75) is 51.9 Å². The van der Waals surface area contributed by atoms with Crippen LogP contribution in [0.2, 0.25) is 0 Å². The van der Waals surface area contributed by atoms with Gasteiger partial charge in [-0.25, -0.2) is 0 Å². The van der Waals surface area contributed by atoms with E-state index in [1.165, 1.54) is 49.7 Å². The van der Waals surface area contributed by atoms with Crippen LogP contribution in [0.4, 0.5) is 0 Å². The lowest BCUT2D eigenvalue weighted by atomic mass is 10.0. The smallest absolute Gasteiger partial charge is 0.0431 e. The number of aliphatic hydroxyl groups is 1. The molecule has 1 aromatic carbocycles. The molecule has 0 fully saturated rings. The van der Waals surface area contributed by atoms with Crippen LogP contribution in [0.5, 0.6) is 0 Å². The van der Waals surface area contributed by atoms with Gasteiger partial charge in [-0.1, -0.05) is 49.9 Å². The monoisotopic (exact) mass is 220 g/mol. The largest absolute Gasteiger partial charge is 0.396 e. The van der Waals surface area contributed by atoms with Gasteiger partial charge in [0.15, 0.2) is 0 Å². The molecule has 0 spiro atoms. The molecule has 0 atom stereocenters. The number of aryl methyl sites for hydroxylation is 2. The highest BCUT2D eigenvalue weighted by Crippen LogP contribution is 2.12. The molecule has 0 saturated heterocycles. The molecule has 0 amide bonds. The molecule has 0 unspecified atom stereocenters. The van der Waals surface area contributed by atoms with Gasteiger partial charge in [0, 0.05) is 6.61 Å². The molecular weight excluding hydrogens is 196 g/mol. The predicted molar refractivity (Wildman–Crippen MR) is 69.7 cm³/mol. The molecule has 0 saturated carbocycles. The van der Waals surface area contributed by atoms with Crippen molar-refractivity contribution < 1.29 is 5.11 Å². The van der Waals surface area contributed by atoms with Crippen LogP contribution in [0.1, 0.15) is 49.7 Å². The maximum Gasteiger partial charge on any atom is 0.0431 e. The van der Waals surface area contributed by atoms with Crippen LogP contribution in [-0.2, 0) is 6.42 Å². The van der Waals surface area contributed by atoms with Gasteiger partial charge >= 0.3 is 0 Å². The summed E-state index contributed by atoms with van der Waals surface area (Å²) >= 11 is 0. The number of unbranched alkanes of at least 4 members (excludes halogenated alkanes) is 5. The second-order valence-electron chi connectivity index (χ2n) is 4.52. The first-order chi connectivity index (χ1) is 7.84. The molecule has 0 aliphatic heterocycles. The van der Waals surface area contributed by atoms with Crippen LogP contribution in [-0.4, -0.2) is 11.7 Å². The third-order valence-corrected chi connectivity index (χ3v) is 3.12. The lowest BCUT2D eigenvalue weighted by molar-refractivity contribution is 0.282. The highest BCUT2D eigenvalue weighted by atomic mass is 16.2. The second-order valence-corrected chi connectivity index (χ2v) is 4.52. The van der Waals surface area contributed by atoms with E-state index < -0.39 is 0 Å². The zero-order chi connectivity index (χ0) is 11.6. The Morgan fingerprint density at radius 2 is 1.50 bits per heavy atom. The first-order valence-electron chi connectivity index (χ1n) is 6.50. The van der Waals surface area contributed by atoms with Crippen LogP contribution in [0.3, 0.4) is 0 Å². The highest BCUT2D eigenvalue weighted by molar-refractivity contribution is 5.25. The summed E-state index contributed by atoms with van der Waals surface area (Å²) in [7, 11) is 0. The Hall–Kier alpha value is -0.820. The summed E-state index contributed by atoms with van der Waals surface area (Å²) in [6, 6.07) is 8.66. The van der Waals surface area contributed by atoms with Gasteiger partial charge in [0.05, 0.1) is 0 Å². The van der Waals surface area contributed by atoms with Crippen molar-refractivity contribution in [1.29, 1.82) is 0 Å². The predicted octanol–water partition coefficient (Wildman–Crippen LogP) is 3.87. The van der Waals surface area contributed by atoms with Crippen molar-refractivity contribution >= 4 is 0 Å². The lowest BCUT2D eigenvalue weighted by Gasteiger charge is -2.05. The van der Waals surface area contributed by atoms with E-state index >= 15 is 0 Å². The van der Waals surface area contributed by atoms with E-state index in [0.29, 0.717) is 6.61 Å². The van der Waals surface area contributed by atoms with E-state index in [0.717, 1.165) is 6.42 Å². The molecule has 16 heavy (non-hydrogen) atoms. The standard InChI is InChI=1S/C15H24O/c1-14-10-7-8-12-15(14)11-6-4-2-3-5-9-13-16/h7-8,10,12,16H,2-6,9,11,13H2,1H3. The van der Waals surface area contributed by atoms with Crippen molar-refractivity contribution in [3.63, 3.8) is 0 Å². The summed E-state index contributed by atoms with van der Waals surface area (Å²) in [5, 5.41) is 8.65. The molecule has 1 aromatic rings. The zero-order valence-corrected chi connectivity index (χ0v) is 10.4. The molecule has 1 heteroatoms. The van der Waals surface area contributed by atoms with Crippen molar-refractivity contribution in [1.82, 2.24) is 0 Å². The number of hydrogen-bond acceptors (Lipinski definition) is 1. The number of hydrogen-bond donors (Lipinski definition) is 1. The van der Waals surface area contributed by atoms with Gasteiger partial charge in [-0.05, 0) is 37.3 Å². The highest BCUT2D eigenvalue weighted by Gasteiger charge is 1.96. The van der Waals surface area contributed by atoms with Crippen LogP contribution in [0, 0.1) is 6.92 Å². The quantitative estimate of drug-likeness (QED) is 0.659. The van der Waals surface area contributed by atoms with Crippen LogP contribution >= 0.6 is 0 Å². The molecule has 0 aliphatic carbocycles. The van der Waals surface area contributed by atoms with Crippen molar-refractivity contribution in [2.24, 2.45) is 0 Å². The Balaban J connectivity index is 2.05. The number of rotatable bonds is 8. The van der Waals surface area contributed by atoms with Crippen molar-refractivity contribution in [3.05, 3.63) is 35.4 Å². The fraction of sp³-hybridized carbons (Fsp3) is 0.600. The summed E-state index contributed by atoms with van der Waals surface area (Å²) < 4.78 is 0. The first-order valence-corrected chi connectivity index (χ1v) is 6.50. The van der Waals surface area contributed by atoms with E-state index in [-0.39, 0.29) is 0 Å². The minimum Gasteiger partial charge on any atom is -0.396 e. The Morgan fingerprint density at radius 1 is 0.875 bits per heavy atom. The van der Waals surface area contributed by atoms with Gasteiger partial charge in [0.25, 0.3) is 0 Å². The minimum absolute atomic E-state index is 0.350. The molecule has 1 N–H and O–H groups in total. The van der Waals surface area contributed by atoms with Gasteiger partial charge in [0.1, 0.15) is 0 Å². The van der Waals surface area contributed by atoms with Crippen molar-refractivity contribution in [3.8, 4) is 0 Å². The van der Waals surface area contributed by atoms with Gasteiger partial charge in [-0.2, -0.15) is 0 Å². The third kappa shape index (κ3) is 5.32. The molecule has 0 heterocycles. The minimum atomic E-state index is 0.350. The fourth-order valence-electron chi connectivity index (χ4n) is 2.02. The second kappa shape index (κ2) is 8.35. The molecule has 90 valence electrons. The average Bonchev–Trinajstić information content (AvgIpc) is 2.30. The van der Waals surface area contributed by atoms with E-state index in [9.17, 15) is 0 Å². The van der Waals surface area contributed by atoms with E-state index in [4.69, 9.17) is 5.11 Å². The topological polar surface area (TPSA) is 20.2 Å². The van der Waals surface area contributed by atoms with Crippen LogP contribution < -0.4 is 0 Å². The molecule has 0 radical (unpaired) electrons. The fourth-order valence-corrected chi connectivity index (χ4v) is 2.02. The maximum absolute atomic E-state index is 8.65. The van der Waals surface area contributed by atoms with Gasteiger partial charge in [0.2, 0.25) is 0 Å². The molecule has 0 bridgehead atoms. The number of benzene rings is 1. The lowest BCUT2D eigenvalue weighted by Crippen LogP contribution is -1.90. The van der Waals surface area contributed by atoms with Crippen LogP contribution in [0.25, 0.3) is 0 Å². The summed E-state index contributed by atoms with van der Waals surface area (Å²) in [6.45, 7) is 2.54. The Morgan fingerprint density at radius 3 is 2.19 bits per heavy atom. The summed E-state index contributed by atoms with van der Waals surface area (Å²) in [5.74, 6) is 0. The van der Waals surface area contributed by atoms with Gasteiger partial charge < -0.3 is 5.11 Å². The SMILES string of the molecule is Cc1ccccc1CCCCCCCCO. The Bertz CT molecular complexity index is 281. The third-order valence-electron chi connectivity index (χ3n) is 3.12. The molecule has 1 nitrogen and oxygen atoms in total. The Kier molecular flexibility index (Phi) is 6.91. The van der Waals surface area contributed by atoms with Crippen molar-refractivity contribution in [2.75, 3.05) is 6.61 Å². The summed E-state index contributed by atoms with van der Waals surface area (Å²) in [6.07, 6.45) is 8.56. The normalized spacial score (nSPS) is 10.6. The van der Waals surface area contributed by atoms with E-state index in [1.54, 1.807) is 0 Å². The number of aliphatic hydroxyl groups excluding tert-OH is 1. The average molecular weight is 220 g/mol. The van der Waals surface area contributed by atoms with Gasteiger partial charge in [-0.15, -0.1) is 0 Å². The van der Waals surface area contributed by atoms with E-state index in [1.807, 2.05) is 0 Å². The Labute approximate surface area is 99.5 Å². The molecule has 1 rings (SSSR count). The molecule has 0 aliphatic rings. The first kappa shape index (κ1) is 13.2. The zero-order valence-electron chi connectivity index (χ0n) is 10.4. The van der Waals surface area contributed by atoms with E-state index in [2.05, 4.69) is 31.2 Å². The summed E-state index contributed by atoms with van der Waals surface area (Å²) in [4.78, 5) is 0. The van der Waals surface area contributed by atoms with Gasteiger partial charge in [-0.3, -0.25) is 0 Å². The molecular formula is C15H24O. The molecule has 0 aromatic heterocycles. The summed E-state index contributed by atoms with van der Waals surface area (Å²) in [5.41, 5.74) is 2.92. The van der Waals surface area contributed by atoms with Crippen LogP contribution in [0.15, 0.2) is 24.3 Å².